The van der Waals surface area contributed by atoms with Crippen LogP contribution in [0.25, 0.3) is 0 Å². The number of hydrogen-bond acceptors (Lipinski definition) is 1. The molecular weight excluding hydrogens is 334 g/mol. The number of rotatable bonds is 5. The monoisotopic (exact) mass is 351 g/mol. The van der Waals surface area contributed by atoms with E-state index in [1.165, 1.54) is 16.7 Å². The summed E-state index contributed by atoms with van der Waals surface area (Å²) in [7, 11) is 0. The molecule has 1 nitrogen and oxygen atoms in total. The van der Waals surface area contributed by atoms with Crippen LogP contribution in [0.3, 0.4) is 0 Å². The van der Waals surface area contributed by atoms with E-state index in [1.54, 1.807) is 0 Å². The van der Waals surface area contributed by atoms with Crippen molar-refractivity contribution in [2.75, 3.05) is 6.54 Å². The summed E-state index contributed by atoms with van der Waals surface area (Å²) in [5, 5.41) is 4.31. The number of likely N-dealkylation sites (N-methyl/N-ethyl adjacent to an activating group) is 1. The van der Waals surface area contributed by atoms with Gasteiger partial charge in [-0.25, -0.2) is 0 Å². The minimum atomic E-state index is 0.301. The fourth-order valence-electron chi connectivity index (χ4n) is 2.34. The Labute approximate surface area is 134 Å². The van der Waals surface area contributed by atoms with Gasteiger partial charge >= 0.3 is 0 Å². The molecule has 3 heteroatoms. The zero-order chi connectivity index (χ0) is 14.5. The number of benzene rings is 2. The van der Waals surface area contributed by atoms with Crippen LogP contribution in [-0.2, 0) is 6.42 Å². The normalized spacial score (nSPS) is 12.4. The first kappa shape index (κ1) is 15.6. The zero-order valence-corrected chi connectivity index (χ0v) is 14.1. The fraction of sp³-hybridized carbons (Fsp3) is 0.294. The van der Waals surface area contributed by atoms with Crippen LogP contribution < -0.4 is 5.32 Å². The van der Waals surface area contributed by atoms with Gasteiger partial charge in [0, 0.05) is 10.5 Å². The number of aryl methyl sites for hydroxylation is 1. The average Bonchev–Trinajstić information content (AvgIpc) is 2.44. The van der Waals surface area contributed by atoms with Crippen LogP contribution in [0.15, 0.2) is 46.9 Å². The number of halogens is 2. The molecule has 0 aliphatic rings. The van der Waals surface area contributed by atoms with E-state index >= 15 is 0 Å². The van der Waals surface area contributed by atoms with Crippen molar-refractivity contribution in [2.24, 2.45) is 0 Å². The maximum atomic E-state index is 6.08. The van der Waals surface area contributed by atoms with Crippen molar-refractivity contribution in [3.8, 4) is 0 Å². The third-order valence-corrected chi connectivity index (χ3v) is 4.70. The summed E-state index contributed by atoms with van der Waals surface area (Å²) in [5.41, 5.74) is 3.97. The van der Waals surface area contributed by atoms with Crippen molar-refractivity contribution >= 4 is 27.5 Å². The second kappa shape index (κ2) is 7.26. The lowest BCUT2D eigenvalue weighted by atomic mass is 9.96. The lowest BCUT2D eigenvalue weighted by molar-refractivity contribution is 0.548. The summed E-state index contributed by atoms with van der Waals surface area (Å²) in [6, 6.07) is 15.0. The summed E-state index contributed by atoms with van der Waals surface area (Å²) in [4.78, 5) is 0. The Morgan fingerprint density at radius 3 is 2.60 bits per heavy atom. The highest BCUT2D eigenvalue weighted by Gasteiger charge is 2.13. The molecule has 0 amide bonds. The van der Waals surface area contributed by atoms with Crippen LogP contribution >= 0.6 is 27.5 Å². The van der Waals surface area contributed by atoms with E-state index in [9.17, 15) is 0 Å². The van der Waals surface area contributed by atoms with E-state index in [-0.39, 0.29) is 0 Å². The van der Waals surface area contributed by atoms with Crippen LogP contribution in [0.1, 0.15) is 29.7 Å². The number of nitrogens with one attached hydrogen (secondary N) is 1. The molecule has 1 unspecified atom stereocenters. The highest BCUT2D eigenvalue weighted by Crippen LogP contribution is 2.28. The molecular formula is C17H19BrClN. The van der Waals surface area contributed by atoms with Crippen molar-refractivity contribution in [3.05, 3.63) is 68.7 Å². The second-order valence-corrected chi connectivity index (χ2v) is 6.18. The first-order chi connectivity index (χ1) is 9.61. The molecule has 0 bridgehead atoms. The Morgan fingerprint density at radius 2 is 1.95 bits per heavy atom. The lowest BCUT2D eigenvalue weighted by Crippen LogP contribution is -2.23. The van der Waals surface area contributed by atoms with Crippen molar-refractivity contribution in [2.45, 2.75) is 26.3 Å². The van der Waals surface area contributed by atoms with Gasteiger partial charge in [0.15, 0.2) is 0 Å². The van der Waals surface area contributed by atoms with Crippen LogP contribution in [0, 0.1) is 6.92 Å². The van der Waals surface area contributed by atoms with Crippen LogP contribution in [-0.4, -0.2) is 6.54 Å². The summed E-state index contributed by atoms with van der Waals surface area (Å²) in [5.74, 6) is 0. The number of hydrogen-bond donors (Lipinski definition) is 1. The van der Waals surface area contributed by atoms with Crippen molar-refractivity contribution in [3.63, 3.8) is 0 Å². The van der Waals surface area contributed by atoms with Crippen LogP contribution in [0.5, 0.6) is 0 Å². The molecule has 0 spiro atoms. The highest BCUT2D eigenvalue weighted by atomic mass is 79.9. The predicted octanol–water partition coefficient (Wildman–Crippen LogP) is 5.30. The molecule has 2 aromatic carbocycles. The van der Waals surface area contributed by atoms with E-state index in [2.05, 4.69) is 71.5 Å². The van der Waals surface area contributed by atoms with Gasteiger partial charge in [-0.3, -0.25) is 0 Å². The Bertz CT molecular complexity index is 583. The highest BCUT2D eigenvalue weighted by molar-refractivity contribution is 9.10. The SMILES string of the molecule is CCNC(Cc1ccccc1C)c1ccc(Cl)c(Br)c1. The minimum absolute atomic E-state index is 0.301. The first-order valence-electron chi connectivity index (χ1n) is 6.84. The molecule has 106 valence electrons. The Hall–Kier alpha value is -0.830. The fourth-order valence-corrected chi connectivity index (χ4v) is 2.86. The van der Waals surface area contributed by atoms with Gasteiger partial charge in [0.2, 0.25) is 0 Å². The smallest absolute Gasteiger partial charge is 0.0548 e. The second-order valence-electron chi connectivity index (χ2n) is 4.91. The summed E-state index contributed by atoms with van der Waals surface area (Å²) in [6.07, 6.45) is 0.981. The molecule has 0 aliphatic heterocycles. The third-order valence-electron chi connectivity index (χ3n) is 3.48. The molecule has 0 aliphatic carbocycles. The van der Waals surface area contributed by atoms with Crippen LogP contribution in [0.2, 0.25) is 5.02 Å². The lowest BCUT2D eigenvalue weighted by Gasteiger charge is -2.20. The molecule has 0 fully saturated rings. The molecule has 20 heavy (non-hydrogen) atoms. The van der Waals surface area contributed by atoms with E-state index in [0.29, 0.717) is 6.04 Å². The maximum Gasteiger partial charge on any atom is 0.0548 e. The van der Waals surface area contributed by atoms with Crippen molar-refractivity contribution < 1.29 is 0 Å². The van der Waals surface area contributed by atoms with Crippen LogP contribution in [0.4, 0.5) is 0 Å². The Morgan fingerprint density at radius 1 is 1.20 bits per heavy atom. The quantitative estimate of drug-likeness (QED) is 0.769. The topological polar surface area (TPSA) is 12.0 Å². The molecule has 0 heterocycles. The van der Waals surface area contributed by atoms with Gasteiger partial charge in [-0.2, -0.15) is 0 Å². The molecule has 0 aromatic heterocycles. The summed E-state index contributed by atoms with van der Waals surface area (Å²) in [6.45, 7) is 5.24. The molecule has 0 saturated carbocycles. The predicted molar refractivity (Wildman–Crippen MR) is 90.5 cm³/mol. The van der Waals surface area contributed by atoms with Gasteiger partial charge in [0.1, 0.15) is 0 Å². The van der Waals surface area contributed by atoms with E-state index < -0.39 is 0 Å². The molecule has 1 N–H and O–H groups in total. The Balaban J connectivity index is 2.27. The van der Waals surface area contributed by atoms with Gasteiger partial charge in [0.05, 0.1) is 5.02 Å². The first-order valence-corrected chi connectivity index (χ1v) is 8.01. The van der Waals surface area contributed by atoms with Gasteiger partial charge in [-0.15, -0.1) is 0 Å². The largest absolute Gasteiger partial charge is 0.310 e. The van der Waals surface area contributed by atoms with Gasteiger partial charge in [-0.05, 0) is 64.6 Å². The maximum absolute atomic E-state index is 6.08. The van der Waals surface area contributed by atoms with E-state index in [0.717, 1.165) is 22.5 Å². The van der Waals surface area contributed by atoms with Gasteiger partial charge in [-0.1, -0.05) is 48.9 Å². The minimum Gasteiger partial charge on any atom is -0.310 e. The van der Waals surface area contributed by atoms with E-state index in [4.69, 9.17) is 11.6 Å². The molecule has 0 saturated heterocycles. The molecule has 1 atom stereocenters. The molecule has 2 aromatic rings. The Kier molecular flexibility index (Phi) is 5.64. The average molecular weight is 353 g/mol. The van der Waals surface area contributed by atoms with Crippen molar-refractivity contribution in [1.29, 1.82) is 0 Å². The van der Waals surface area contributed by atoms with Gasteiger partial charge < -0.3 is 5.32 Å². The van der Waals surface area contributed by atoms with E-state index in [1.807, 2.05) is 6.07 Å². The third kappa shape index (κ3) is 3.85. The zero-order valence-electron chi connectivity index (χ0n) is 11.8. The summed E-state index contributed by atoms with van der Waals surface area (Å²) >= 11 is 9.59. The molecule has 2 rings (SSSR count). The standard InChI is InChI=1S/C17H19BrClN/c1-3-20-17(11-13-7-5-4-6-12(13)2)14-8-9-16(19)15(18)10-14/h4-10,17,20H,3,11H2,1-2H3. The molecule has 0 radical (unpaired) electrons. The summed E-state index contributed by atoms with van der Waals surface area (Å²) < 4.78 is 0.948. The van der Waals surface area contributed by atoms with Crippen molar-refractivity contribution in [1.82, 2.24) is 5.32 Å². The van der Waals surface area contributed by atoms with Gasteiger partial charge in [0.25, 0.3) is 0 Å².